The van der Waals surface area contributed by atoms with Crippen LogP contribution in [0.4, 0.5) is 19.0 Å². The topological polar surface area (TPSA) is 70.9 Å². The van der Waals surface area contributed by atoms with Gasteiger partial charge in [0, 0.05) is 50.3 Å². The summed E-state index contributed by atoms with van der Waals surface area (Å²) in [5.41, 5.74) is -0.184. The molecule has 34 heavy (non-hydrogen) atoms. The number of hydrogen-bond donors (Lipinski definition) is 0. The summed E-state index contributed by atoms with van der Waals surface area (Å²) >= 11 is 0. The highest BCUT2D eigenvalue weighted by Crippen LogP contribution is 2.47. The summed E-state index contributed by atoms with van der Waals surface area (Å²) < 4.78 is 44.6. The monoisotopic (exact) mass is 481 g/mol. The van der Waals surface area contributed by atoms with Crippen LogP contribution in [-0.2, 0) is 15.7 Å². The van der Waals surface area contributed by atoms with Crippen molar-refractivity contribution in [2.45, 2.75) is 58.7 Å². The average Bonchev–Trinajstić information content (AvgIpc) is 3.25. The van der Waals surface area contributed by atoms with E-state index in [1.54, 1.807) is 4.90 Å². The van der Waals surface area contributed by atoms with Gasteiger partial charge in [-0.15, -0.1) is 0 Å². The largest absolute Gasteiger partial charge is 0.433 e. The van der Waals surface area contributed by atoms with Crippen molar-refractivity contribution >= 4 is 17.4 Å². The quantitative estimate of drug-likeness (QED) is 0.654. The zero-order chi connectivity index (χ0) is 24.5. The molecule has 1 aromatic rings. The molecule has 1 saturated carbocycles. The molecule has 0 aromatic carbocycles. The van der Waals surface area contributed by atoms with Gasteiger partial charge in [-0.3, -0.25) is 9.79 Å². The average molecular weight is 482 g/mol. The number of piperazine rings is 1. The SMILES string of the molecule is CC(C)[C@]1(C(=O)N2CCN(c3cc(C(F)(F)F)ncn3)CC2)CC[C@@H](/N=C2\CCOC[C@H]2C)C1. The Morgan fingerprint density at radius 1 is 1.24 bits per heavy atom. The first-order chi connectivity index (χ1) is 16.1. The molecule has 3 aliphatic rings. The second-order valence-corrected chi connectivity index (χ2v) is 10.1. The molecule has 1 amide bonds. The minimum atomic E-state index is -4.51. The molecule has 0 radical (unpaired) electrons. The second kappa shape index (κ2) is 9.79. The standard InChI is InChI=1S/C24H34F3N5O2/c1-16(2)23(6-4-18(13-23)30-19-5-11-34-14-17(19)3)22(33)32-9-7-31(8-10-32)21-12-20(24(25,26)27)28-15-29-21/h12,15-18H,4-11,13-14H2,1-3H3/b30-19+/t17-,18-,23+/m1/s1. The van der Waals surface area contributed by atoms with Gasteiger partial charge in [-0.25, -0.2) is 9.97 Å². The Kier molecular flexibility index (Phi) is 7.17. The molecule has 1 aromatic heterocycles. The predicted octanol–water partition coefficient (Wildman–Crippen LogP) is 3.84. The van der Waals surface area contributed by atoms with Crippen LogP contribution in [0.25, 0.3) is 0 Å². The third kappa shape index (κ3) is 5.06. The first kappa shape index (κ1) is 24.9. The number of anilines is 1. The lowest BCUT2D eigenvalue weighted by Gasteiger charge is -2.42. The molecule has 3 atom stereocenters. The van der Waals surface area contributed by atoms with Gasteiger partial charge < -0.3 is 14.5 Å². The lowest BCUT2D eigenvalue weighted by atomic mass is 9.74. The van der Waals surface area contributed by atoms with Crippen LogP contribution in [0.5, 0.6) is 0 Å². The molecule has 2 saturated heterocycles. The fourth-order valence-electron chi connectivity index (χ4n) is 5.46. The number of nitrogens with zero attached hydrogens (tertiary/aromatic N) is 5. The van der Waals surface area contributed by atoms with E-state index in [0.717, 1.165) is 38.1 Å². The van der Waals surface area contributed by atoms with E-state index >= 15 is 0 Å². The van der Waals surface area contributed by atoms with Gasteiger partial charge in [-0.05, 0) is 25.2 Å². The maximum atomic E-state index is 13.8. The van der Waals surface area contributed by atoms with E-state index < -0.39 is 17.3 Å². The van der Waals surface area contributed by atoms with Crippen LogP contribution in [0.2, 0.25) is 0 Å². The van der Waals surface area contributed by atoms with Crippen molar-refractivity contribution in [3.8, 4) is 0 Å². The summed E-state index contributed by atoms with van der Waals surface area (Å²) in [5.74, 6) is 0.914. The number of hydrogen-bond acceptors (Lipinski definition) is 6. The number of alkyl halides is 3. The Morgan fingerprint density at radius 2 is 1.97 bits per heavy atom. The first-order valence-corrected chi connectivity index (χ1v) is 12.2. The molecule has 3 heterocycles. The number of halogens is 3. The summed E-state index contributed by atoms with van der Waals surface area (Å²) in [6.07, 6.45) is -0.227. The number of amides is 1. The maximum Gasteiger partial charge on any atom is 0.433 e. The molecule has 188 valence electrons. The fourth-order valence-corrected chi connectivity index (χ4v) is 5.46. The van der Waals surface area contributed by atoms with E-state index in [2.05, 4.69) is 30.7 Å². The number of aromatic nitrogens is 2. The van der Waals surface area contributed by atoms with Gasteiger partial charge in [0.1, 0.15) is 17.8 Å². The second-order valence-electron chi connectivity index (χ2n) is 10.1. The maximum absolute atomic E-state index is 13.8. The number of rotatable bonds is 4. The van der Waals surface area contributed by atoms with Gasteiger partial charge in [0.25, 0.3) is 0 Å². The van der Waals surface area contributed by atoms with Gasteiger partial charge in [-0.2, -0.15) is 13.2 Å². The van der Waals surface area contributed by atoms with Gasteiger partial charge >= 0.3 is 6.18 Å². The molecular formula is C24H34F3N5O2. The molecule has 0 unspecified atom stereocenters. The van der Waals surface area contributed by atoms with Gasteiger partial charge in [0.15, 0.2) is 0 Å². The van der Waals surface area contributed by atoms with E-state index in [9.17, 15) is 18.0 Å². The lowest BCUT2D eigenvalue weighted by molar-refractivity contribution is -0.145. The van der Waals surface area contributed by atoms with Gasteiger partial charge in [0.05, 0.1) is 24.7 Å². The summed E-state index contributed by atoms with van der Waals surface area (Å²) in [5, 5.41) is 0. The van der Waals surface area contributed by atoms with Gasteiger partial charge in [-0.1, -0.05) is 20.8 Å². The number of carbonyl (C=O) groups is 1. The zero-order valence-electron chi connectivity index (χ0n) is 20.1. The molecule has 0 N–H and O–H groups in total. The molecule has 1 aliphatic carbocycles. The first-order valence-electron chi connectivity index (χ1n) is 12.2. The van der Waals surface area contributed by atoms with Crippen LogP contribution in [-0.4, -0.2) is 71.9 Å². The zero-order valence-corrected chi connectivity index (χ0v) is 20.1. The highest BCUT2D eigenvalue weighted by atomic mass is 19.4. The lowest BCUT2D eigenvalue weighted by Crippen LogP contribution is -2.54. The highest BCUT2D eigenvalue weighted by Gasteiger charge is 2.49. The van der Waals surface area contributed by atoms with Crippen LogP contribution in [0.15, 0.2) is 17.4 Å². The molecule has 0 bridgehead atoms. The molecule has 4 rings (SSSR count). The van der Waals surface area contributed by atoms with E-state index in [-0.39, 0.29) is 23.7 Å². The van der Waals surface area contributed by atoms with Gasteiger partial charge in [0.2, 0.25) is 5.91 Å². The van der Waals surface area contributed by atoms with Crippen molar-refractivity contribution < 1.29 is 22.7 Å². The van der Waals surface area contributed by atoms with Crippen molar-refractivity contribution in [3.05, 3.63) is 18.1 Å². The number of aliphatic imine (C=N–C) groups is 1. The van der Waals surface area contributed by atoms with Crippen LogP contribution >= 0.6 is 0 Å². The van der Waals surface area contributed by atoms with E-state index in [1.807, 2.05) is 4.90 Å². The molecular weight excluding hydrogens is 447 g/mol. The van der Waals surface area contributed by atoms with Crippen molar-refractivity contribution in [1.82, 2.24) is 14.9 Å². The number of carbonyl (C=O) groups excluding carboxylic acids is 1. The Bertz CT molecular complexity index is 914. The Balaban J connectivity index is 1.42. The molecule has 10 heteroatoms. The minimum absolute atomic E-state index is 0.156. The van der Waals surface area contributed by atoms with Crippen molar-refractivity contribution in [2.24, 2.45) is 22.2 Å². The Hall–Kier alpha value is -2.23. The predicted molar refractivity (Wildman–Crippen MR) is 123 cm³/mol. The van der Waals surface area contributed by atoms with E-state index in [1.165, 1.54) is 5.71 Å². The fraction of sp³-hybridized carbons (Fsp3) is 0.750. The van der Waals surface area contributed by atoms with Crippen LogP contribution in [0.3, 0.4) is 0 Å². The highest BCUT2D eigenvalue weighted by molar-refractivity contribution is 5.88. The van der Waals surface area contributed by atoms with Crippen LogP contribution in [0.1, 0.15) is 52.1 Å². The third-order valence-electron chi connectivity index (χ3n) is 7.68. The summed E-state index contributed by atoms with van der Waals surface area (Å²) in [6, 6.07) is 1.13. The molecule has 0 spiro atoms. The normalized spacial score (nSPS) is 29.8. The molecule has 7 nitrogen and oxygen atoms in total. The van der Waals surface area contributed by atoms with E-state index in [4.69, 9.17) is 9.73 Å². The smallest absolute Gasteiger partial charge is 0.380 e. The molecule has 3 fully saturated rings. The third-order valence-corrected chi connectivity index (χ3v) is 7.68. The van der Waals surface area contributed by atoms with Crippen LogP contribution in [0, 0.1) is 17.3 Å². The summed E-state index contributed by atoms with van der Waals surface area (Å²) in [6.45, 7) is 9.60. The van der Waals surface area contributed by atoms with E-state index in [0.29, 0.717) is 45.3 Å². The Morgan fingerprint density at radius 3 is 2.62 bits per heavy atom. The van der Waals surface area contributed by atoms with Crippen molar-refractivity contribution in [1.29, 1.82) is 0 Å². The van der Waals surface area contributed by atoms with Crippen LogP contribution < -0.4 is 4.90 Å². The molecule has 2 aliphatic heterocycles. The summed E-state index contributed by atoms with van der Waals surface area (Å²) in [4.78, 5) is 29.8. The minimum Gasteiger partial charge on any atom is -0.380 e. The van der Waals surface area contributed by atoms with Crippen molar-refractivity contribution in [2.75, 3.05) is 44.3 Å². The Labute approximate surface area is 198 Å². The van der Waals surface area contributed by atoms with Crippen molar-refractivity contribution in [3.63, 3.8) is 0 Å². The summed E-state index contributed by atoms with van der Waals surface area (Å²) in [7, 11) is 0. The number of ether oxygens (including phenoxy) is 1.